The van der Waals surface area contributed by atoms with Crippen molar-refractivity contribution in [2.75, 3.05) is 4.90 Å². The zero-order valence-electron chi connectivity index (χ0n) is 16.3. The van der Waals surface area contributed by atoms with E-state index in [0.29, 0.717) is 5.11 Å². The summed E-state index contributed by atoms with van der Waals surface area (Å²) in [6, 6.07) is 21.8. The summed E-state index contributed by atoms with van der Waals surface area (Å²) in [6.07, 6.45) is 3.68. The minimum Gasteiger partial charge on any atom is -0.351 e. The number of hydrogen-bond acceptors (Lipinski definition) is 2. The number of hydrogen-bond donors (Lipinski definition) is 1. The van der Waals surface area contributed by atoms with Crippen molar-refractivity contribution in [1.29, 1.82) is 0 Å². The average Bonchev–Trinajstić information content (AvgIpc) is 3.40. The lowest BCUT2D eigenvalue weighted by molar-refractivity contribution is 0.549. The summed E-state index contributed by atoms with van der Waals surface area (Å²) in [7, 11) is 0. The predicted octanol–water partition coefficient (Wildman–Crippen LogP) is 5.33. The highest BCUT2D eigenvalue weighted by Crippen LogP contribution is 2.42. The Morgan fingerprint density at radius 3 is 2.13 bits per heavy atom. The van der Waals surface area contributed by atoms with Crippen LogP contribution in [0.3, 0.4) is 0 Å². The topological polar surface area (TPSA) is 33.1 Å². The fourth-order valence-corrected chi connectivity index (χ4v) is 4.35. The van der Waals surface area contributed by atoms with Crippen LogP contribution in [-0.2, 0) is 0 Å². The molecular weight excluding hydrogens is 414 g/mol. The summed E-state index contributed by atoms with van der Waals surface area (Å²) in [5.74, 6) is -0.602. The zero-order valence-corrected chi connectivity index (χ0v) is 17.1. The molecule has 0 radical (unpaired) electrons. The zero-order chi connectivity index (χ0) is 21.4. The van der Waals surface area contributed by atoms with E-state index in [-0.39, 0.29) is 23.7 Å². The second-order valence-corrected chi connectivity index (χ2v) is 7.64. The highest BCUT2D eigenvalue weighted by molar-refractivity contribution is 7.80. The number of pyridine rings is 1. The lowest BCUT2D eigenvalue weighted by Crippen LogP contribution is -2.30. The van der Waals surface area contributed by atoms with Crippen LogP contribution < -0.4 is 10.2 Å². The van der Waals surface area contributed by atoms with Crippen molar-refractivity contribution in [3.8, 4) is 5.69 Å². The molecule has 0 aliphatic carbocycles. The number of rotatable bonds is 4. The van der Waals surface area contributed by atoms with Gasteiger partial charge in [-0.25, -0.2) is 8.78 Å². The Bertz CT molecular complexity index is 1210. The van der Waals surface area contributed by atoms with Gasteiger partial charge in [-0.3, -0.25) is 4.98 Å². The summed E-state index contributed by atoms with van der Waals surface area (Å²) in [5, 5.41) is 3.91. The van der Waals surface area contributed by atoms with E-state index in [4.69, 9.17) is 12.2 Å². The Kier molecular flexibility index (Phi) is 4.95. The fraction of sp³-hybridized carbons (Fsp3) is 0.0833. The third-order valence-corrected chi connectivity index (χ3v) is 5.71. The summed E-state index contributed by atoms with van der Waals surface area (Å²) >= 11 is 5.69. The Morgan fingerprint density at radius 1 is 0.806 bits per heavy atom. The SMILES string of the molecule is Fc1ccc(N2C(=S)N[C@@H](c3ccccn3)[C@@H]2c2cccn2-c2ccc(F)cc2)cc1. The monoisotopic (exact) mass is 432 g/mol. The summed E-state index contributed by atoms with van der Waals surface area (Å²) < 4.78 is 29.1. The molecule has 7 heteroatoms. The number of halogens is 2. The summed E-state index contributed by atoms with van der Waals surface area (Å²) in [4.78, 5) is 6.52. The van der Waals surface area contributed by atoms with Crippen LogP contribution >= 0.6 is 12.2 Å². The van der Waals surface area contributed by atoms with Crippen LogP contribution in [0.2, 0.25) is 0 Å². The molecule has 154 valence electrons. The van der Waals surface area contributed by atoms with Crippen molar-refractivity contribution >= 4 is 23.0 Å². The molecule has 0 amide bonds. The third kappa shape index (κ3) is 3.57. The molecule has 1 saturated heterocycles. The maximum Gasteiger partial charge on any atom is 0.174 e. The largest absolute Gasteiger partial charge is 0.351 e. The number of thiocarbonyl (C=S) groups is 1. The first-order valence-corrected chi connectivity index (χ1v) is 10.2. The van der Waals surface area contributed by atoms with E-state index in [1.807, 2.05) is 46.0 Å². The molecule has 1 N–H and O–H groups in total. The predicted molar refractivity (Wildman–Crippen MR) is 120 cm³/mol. The number of anilines is 1. The van der Waals surface area contributed by atoms with Crippen LogP contribution in [0.25, 0.3) is 5.69 Å². The van der Waals surface area contributed by atoms with Gasteiger partial charge in [-0.1, -0.05) is 6.07 Å². The van der Waals surface area contributed by atoms with Crippen molar-refractivity contribution in [1.82, 2.24) is 14.9 Å². The van der Waals surface area contributed by atoms with Crippen molar-refractivity contribution in [3.05, 3.63) is 114 Å². The van der Waals surface area contributed by atoms with Crippen LogP contribution in [0, 0.1) is 11.6 Å². The molecule has 0 spiro atoms. The Morgan fingerprint density at radius 2 is 1.48 bits per heavy atom. The first-order chi connectivity index (χ1) is 15.1. The summed E-state index contributed by atoms with van der Waals surface area (Å²) in [6.45, 7) is 0. The molecule has 0 unspecified atom stereocenters. The van der Waals surface area contributed by atoms with E-state index in [9.17, 15) is 8.78 Å². The molecule has 2 aromatic carbocycles. The molecule has 4 nitrogen and oxygen atoms in total. The van der Waals surface area contributed by atoms with E-state index in [2.05, 4.69) is 10.3 Å². The molecule has 0 bridgehead atoms. The Balaban J connectivity index is 1.66. The van der Waals surface area contributed by atoms with Gasteiger partial charge in [0, 0.05) is 29.5 Å². The highest BCUT2D eigenvalue weighted by Gasteiger charge is 2.42. The van der Waals surface area contributed by atoms with Gasteiger partial charge in [-0.2, -0.15) is 0 Å². The van der Waals surface area contributed by atoms with Gasteiger partial charge in [-0.15, -0.1) is 0 Å². The van der Waals surface area contributed by atoms with E-state index < -0.39 is 0 Å². The highest BCUT2D eigenvalue weighted by atomic mass is 32.1. The van der Waals surface area contributed by atoms with Gasteiger partial charge >= 0.3 is 0 Å². The maximum absolute atomic E-state index is 13.6. The molecule has 0 saturated carbocycles. The number of nitrogens with one attached hydrogen (secondary N) is 1. The van der Waals surface area contributed by atoms with Crippen molar-refractivity contribution in [2.24, 2.45) is 0 Å². The minimum atomic E-state index is -0.311. The normalized spacial score (nSPS) is 18.3. The van der Waals surface area contributed by atoms with Gasteiger partial charge in [-0.05, 0) is 85.0 Å². The lowest BCUT2D eigenvalue weighted by Gasteiger charge is -2.29. The van der Waals surface area contributed by atoms with Crippen LogP contribution in [0.4, 0.5) is 14.5 Å². The summed E-state index contributed by atoms with van der Waals surface area (Å²) in [5.41, 5.74) is 3.39. The molecule has 1 aliphatic heterocycles. The van der Waals surface area contributed by atoms with Gasteiger partial charge in [0.15, 0.2) is 5.11 Å². The first kappa shape index (κ1) is 19.4. The second-order valence-electron chi connectivity index (χ2n) is 7.25. The van der Waals surface area contributed by atoms with Gasteiger partial charge in [0.25, 0.3) is 0 Å². The molecule has 5 rings (SSSR count). The molecule has 3 heterocycles. The van der Waals surface area contributed by atoms with Crippen LogP contribution in [0.1, 0.15) is 23.5 Å². The number of benzene rings is 2. The van der Waals surface area contributed by atoms with Crippen LogP contribution in [0.5, 0.6) is 0 Å². The maximum atomic E-state index is 13.6. The number of aromatic nitrogens is 2. The van der Waals surface area contributed by atoms with Crippen molar-refractivity contribution in [2.45, 2.75) is 12.1 Å². The second kappa shape index (κ2) is 7.92. The minimum absolute atomic E-state index is 0.229. The fourth-order valence-electron chi connectivity index (χ4n) is 4.01. The Hall–Kier alpha value is -3.58. The lowest BCUT2D eigenvalue weighted by atomic mass is 10.0. The van der Waals surface area contributed by atoms with Crippen molar-refractivity contribution in [3.63, 3.8) is 0 Å². The van der Waals surface area contributed by atoms with Gasteiger partial charge < -0.3 is 14.8 Å². The smallest absolute Gasteiger partial charge is 0.174 e. The van der Waals surface area contributed by atoms with E-state index in [1.165, 1.54) is 24.3 Å². The van der Waals surface area contributed by atoms with E-state index in [0.717, 1.165) is 22.8 Å². The van der Waals surface area contributed by atoms with Crippen LogP contribution in [0.15, 0.2) is 91.3 Å². The van der Waals surface area contributed by atoms with Gasteiger partial charge in [0.2, 0.25) is 0 Å². The van der Waals surface area contributed by atoms with Crippen molar-refractivity contribution < 1.29 is 8.78 Å². The number of nitrogens with zero attached hydrogens (tertiary/aromatic N) is 3. The molecule has 2 atom stereocenters. The standard InChI is InChI=1S/C24H18F2N4S/c25-16-6-10-18(11-7-16)29-15-3-5-21(29)23-22(20-4-1-2-14-27-20)28-24(31)30(23)19-12-8-17(26)9-13-19/h1-15,22-23H,(H,28,31)/t22-,23-/m0/s1. The quantitative estimate of drug-likeness (QED) is 0.442. The average molecular weight is 432 g/mol. The van der Waals surface area contributed by atoms with E-state index >= 15 is 0 Å². The molecular formula is C24H18F2N4S. The van der Waals surface area contributed by atoms with E-state index in [1.54, 1.807) is 30.5 Å². The van der Waals surface area contributed by atoms with Gasteiger partial charge in [0.1, 0.15) is 17.7 Å². The molecule has 4 aromatic rings. The van der Waals surface area contributed by atoms with Crippen LogP contribution in [-0.4, -0.2) is 14.7 Å². The third-order valence-electron chi connectivity index (χ3n) is 5.39. The molecule has 1 aliphatic rings. The molecule has 1 fully saturated rings. The molecule has 31 heavy (non-hydrogen) atoms. The molecule has 2 aromatic heterocycles. The van der Waals surface area contributed by atoms with Gasteiger partial charge in [0.05, 0.1) is 11.7 Å². The first-order valence-electron chi connectivity index (χ1n) is 9.81. The Labute approximate surface area is 183 Å².